The Morgan fingerprint density at radius 2 is 1.20 bits per heavy atom. The molecule has 0 saturated heterocycles. The third kappa shape index (κ3) is 18.0. The summed E-state index contributed by atoms with van der Waals surface area (Å²) in [6.07, 6.45) is 3.18. The van der Waals surface area contributed by atoms with E-state index < -0.39 is 17.9 Å². The standard InChI is InChI=1S/C18H21NO3.C10H16O5.C7H9N.C5H10O/c1-4-16-13(3)11-15(18(21)22-5-2)17(20)19(16)12-14-9-7-6-8-10-14;1-4-13-7-8(9(11)14-5-2)10(12)15-6-3;8-6-7-4-2-1-3-5-7;1-3-5(6)4-2/h6-11H,4-5,12H2,1-3H3;7H,4-6H2,1-3H3;1-5H,6,8H2;3-4H2,1-2H3. The number of carbonyl (C=O) groups excluding carboxylic acids is 4. The van der Waals surface area contributed by atoms with Crippen LogP contribution >= 0.6 is 0 Å². The molecule has 0 unspecified atom stereocenters. The van der Waals surface area contributed by atoms with Crippen LogP contribution in [0.3, 0.4) is 0 Å². The first kappa shape index (κ1) is 46.0. The van der Waals surface area contributed by atoms with Crippen molar-refractivity contribution in [2.24, 2.45) is 5.73 Å². The first-order valence-corrected chi connectivity index (χ1v) is 17.3. The van der Waals surface area contributed by atoms with Crippen molar-refractivity contribution in [3.05, 3.63) is 117 Å². The molecule has 0 fully saturated rings. The number of aromatic nitrogens is 1. The SMILES string of the molecule is CCC(=O)CC.CCOC(=O)c1cc(C)c(CC)n(Cc2ccccc2)c1=O.CCOC=C(C(=O)OCC)C(=O)OCC.NCc1ccccc1. The lowest BCUT2D eigenvalue weighted by Gasteiger charge is -2.16. The number of ether oxygens (including phenoxy) is 4. The van der Waals surface area contributed by atoms with Gasteiger partial charge in [0.2, 0.25) is 0 Å². The van der Waals surface area contributed by atoms with Gasteiger partial charge in [0.1, 0.15) is 17.6 Å². The summed E-state index contributed by atoms with van der Waals surface area (Å²) in [5.41, 5.74) is 9.04. The van der Waals surface area contributed by atoms with Gasteiger partial charge in [0, 0.05) is 25.1 Å². The Bertz CT molecular complexity index is 1520. The number of nitrogens with zero attached hydrogens (tertiary/aromatic N) is 1. The van der Waals surface area contributed by atoms with Crippen LogP contribution in [0.15, 0.2) is 83.4 Å². The Balaban J connectivity index is 0.000000740. The highest BCUT2D eigenvalue weighted by Crippen LogP contribution is 2.12. The summed E-state index contributed by atoms with van der Waals surface area (Å²) >= 11 is 0. The number of Topliss-reactive ketones (excluding diaryl/α,β-unsaturated/α-hetero) is 1. The minimum atomic E-state index is -0.732. The maximum atomic E-state index is 12.7. The van der Waals surface area contributed by atoms with Gasteiger partial charge in [0.15, 0.2) is 5.57 Å². The van der Waals surface area contributed by atoms with Crippen LogP contribution in [0.2, 0.25) is 0 Å². The van der Waals surface area contributed by atoms with E-state index in [1.807, 2.05) is 88.4 Å². The molecule has 280 valence electrons. The predicted molar refractivity (Wildman–Crippen MR) is 199 cm³/mol. The van der Waals surface area contributed by atoms with Gasteiger partial charge >= 0.3 is 17.9 Å². The minimum Gasteiger partial charge on any atom is -0.500 e. The molecule has 0 amide bonds. The number of benzene rings is 2. The fourth-order valence-electron chi connectivity index (χ4n) is 4.23. The van der Waals surface area contributed by atoms with Crippen molar-refractivity contribution in [3.8, 4) is 0 Å². The molecule has 3 rings (SSSR count). The van der Waals surface area contributed by atoms with Crippen LogP contribution in [-0.4, -0.2) is 54.7 Å². The molecule has 0 aliphatic carbocycles. The van der Waals surface area contributed by atoms with Crippen LogP contribution in [0.1, 0.15) is 94.1 Å². The highest BCUT2D eigenvalue weighted by Gasteiger charge is 2.21. The Kier molecular flexibility index (Phi) is 25.0. The molecule has 11 heteroatoms. The molecule has 2 aromatic carbocycles. The van der Waals surface area contributed by atoms with Gasteiger partial charge in [-0.15, -0.1) is 0 Å². The normalized spacial score (nSPS) is 9.59. The monoisotopic (exact) mass is 708 g/mol. The van der Waals surface area contributed by atoms with E-state index in [0.717, 1.165) is 29.5 Å². The lowest BCUT2D eigenvalue weighted by molar-refractivity contribution is -0.146. The number of ketones is 1. The maximum absolute atomic E-state index is 12.7. The van der Waals surface area contributed by atoms with Gasteiger partial charge in [-0.25, -0.2) is 14.4 Å². The molecular weight excluding hydrogens is 652 g/mol. The van der Waals surface area contributed by atoms with Crippen molar-refractivity contribution in [1.29, 1.82) is 0 Å². The largest absolute Gasteiger partial charge is 0.500 e. The van der Waals surface area contributed by atoms with E-state index >= 15 is 0 Å². The van der Waals surface area contributed by atoms with Crippen LogP contribution in [0.4, 0.5) is 0 Å². The van der Waals surface area contributed by atoms with Crippen molar-refractivity contribution in [3.63, 3.8) is 0 Å². The van der Waals surface area contributed by atoms with Crippen molar-refractivity contribution < 1.29 is 38.1 Å². The lowest BCUT2D eigenvalue weighted by atomic mass is 10.1. The number of pyridine rings is 1. The van der Waals surface area contributed by atoms with Crippen molar-refractivity contribution in [2.45, 2.75) is 87.7 Å². The highest BCUT2D eigenvalue weighted by molar-refractivity contribution is 6.13. The second-order valence-electron chi connectivity index (χ2n) is 10.5. The number of nitrogens with two attached hydrogens (primary N) is 1. The smallest absolute Gasteiger partial charge is 0.348 e. The molecule has 2 N–H and O–H groups in total. The van der Waals surface area contributed by atoms with Crippen molar-refractivity contribution in [1.82, 2.24) is 4.57 Å². The van der Waals surface area contributed by atoms with Gasteiger partial charge in [-0.3, -0.25) is 9.59 Å². The fraction of sp³-hybridized carbons (Fsp3) is 0.425. The van der Waals surface area contributed by atoms with Gasteiger partial charge in [0.25, 0.3) is 5.56 Å². The van der Waals surface area contributed by atoms with Gasteiger partial charge in [-0.05, 0) is 63.8 Å². The maximum Gasteiger partial charge on any atom is 0.348 e. The van der Waals surface area contributed by atoms with E-state index in [0.29, 0.717) is 38.3 Å². The first-order valence-electron chi connectivity index (χ1n) is 17.3. The van der Waals surface area contributed by atoms with Crippen LogP contribution in [0, 0.1) is 6.92 Å². The average Bonchev–Trinajstić information content (AvgIpc) is 3.14. The molecule has 0 aliphatic heterocycles. The summed E-state index contributed by atoms with van der Waals surface area (Å²) < 4.78 is 20.9. The van der Waals surface area contributed by atoms with E-state index in [4.69, 9.17) is 15.2 Å². The molecule has 1 aromatic heterocycles. The van der Waals surface area contributed by atoms with Gasteiger partial charge in [-0.1, -0.05) is 81.4 Å². The number of carbonyl (C=O) groups is 4. The summed E-state index contributed by atoms with van der Waals surface area (Å²) in [5.74, 6) is -1.68. The zero-order valence-electron chi connectivity index (χ0n) is 31.5. The number of rotatable bonds is 14. The van der Waals surface area contributed by atoms with Crippen molar-refractivity contribution >= 4 is 23.7 Å². The summed E-state index contributed by atoms with van der Waals surface area (Å²) in [7, 11) is 0. The van der Waals surface area contributed by atoms with Gasteiger partial charge in [-0.2, -0.15) is 0 Å². The number of hydrogen-bond acceptors (Lipinski definition) is 10. The summed E-state index contributed by atoms with van der Waals surface area (Å²) in [5, 5.41) is 0. The third-order valence-corrected chi connectivity index (χ3v) is 6.86. The summed E-state index contributed by atoms with van der Waals surface area (Å²) in [6.45, 7) is 16.6. The summed E-state index contributed by atoms with van der Waals surface area (Å²) in [6, 6.07) is 21.4. The second-order valence-corrected chi connectivity index (χ2v) is 10.5. The van der Waals surface area contributed by atoms with E-state index in [1.165, 1.54) is 5.56 Å². The molecule has 0 spiro atoms. The van der Waals surface area contributed by atoms with Crippen molar-refractivity contribution in [2.75, 3.05) is 26.4 Å². The average molecular weight is 709 g/mol. The topological polar surface area (TPSA) is 153 Å². The molecule has 51 heavy (non-hydrogen) atoms. The van der Waals surface area contributed by atoms with E-state index in [-0.39, 0.29) is 36.5 Å². The second kappa shape index (κ2) is 27.8. The first-order chi connectivity index (χ1) is 24.5. The van der Waals surface area contributed by atoms with Gasteiger partial charge in [0.05, 0.1) is 33.0 Å². The van der Waals surface area contributed by atoms with E-state index in [1.54, 1.807) is 38.3 Å². The fourth-order valence-corrected chi connectivity index (χ4v) is 4.23. The third-order valence-electron chi connectivity index (χ3n) is 6.86. The minimum absolute atomic E-state index is 0.104. The van der Waals surface area contributed by atoms with Gasteiger partial charge < -0.3 is 29.2 Å². The molecule has 11 nitrogen and oxygen atoms in total. The molecule has 0 saturated carbocycles. The Morgan fingerprint density at radius 3 is 1.57 bits per heavy atom. The molecule has 0 aliphatic rings. The Hall–Kier alpha value is -5.03. The lowest BCUT2D eigenvalue weighted by Crippen LogP contribution is -2.31. The molecule has 1 heterocycles. The van der Waals surface area contributed by atoms with Crippen LogP contribution in [0.25, 0.3) is 0 Å². The molecule has 3 aromatic rings. The van der Waals surface area contributed by atoms with Crippen LogP contribution in [-0.2, 0) is 52.8 Å². The van der Waals surface area contributed by atoms with E-state index in [9.17, 15) is 24.0 Å². The number of aryl methyl sites for hydroxylation is 1. The quantitative estimate of drug-likeness (QED) is 0.0491. The van der Waals surface area contributed by atoms with E-state index in [2.05, 4.69) is 9.47 Å². The number of hydrogen-bond donors (Lipinski definition) is 1. The Labute approximate surface area is 302 Å². The molecule has 0 radical (unpaired) electrons. The number of esters is 3. The zero-order valence-corrected chi connectivity index (χ0v) is 31.5. The predicted octanol–water partition coefficient (Wildman–Crippen LogP) is 6.50. The molecular formula is C40H56N2O9. The summed E-state index contributed by atoms with van der Waals surface area (Å²) in [4.78, 5) is 57.4. The molecule has 0 bridgehead atoms. The zero-order chi connectivity index (χ0) is 38.6. The molecule has 0 atom stereocenters. The Morgan fingerprint density at radius 1 is 0.706 bits per heavy atom. The van der Waals surface area contributed by atoms with Crippen LogP contribution in [0.5, 0.6) is 0 Å². The highest BCUT2D eigenvalue weighted by atomic mass is 16.6. The van der Waals surface area contributed by atoms with Crippen LogP contribution < -0.4 is 11.3 Å².